The summed E-state index contributed by atoms with van der Waals surface area (Å²) in [5.41, 5.74) is 0. The Hall–Kier alpha value is -1.19. The predicted octanol–water partition coefficient (Wildman–Crippen LogP) is 2.27. The van der Waals surface area contributed by atoms with Crippen LogP contribution in [0.25, 0.3) is 0 Å². The van der Waals surface area contributed by atoms with Crippen LogP contribution in [0.3, 0.4) is 0 Å². The van der Waals surface area contributed by atoms with Crippen molar-refractivity contribution in [2.45, 2.75) is 32.1 Å². The van der Waals surface area contributed by atoms with E-state index >= 15 is 0 Å². The zero-order valence-electron chi connectivity index (χ0n) is 9.69. The van der Waals surface area contributed by atoms with Gasteiger partial charge in [0.25, 0.3) is 6.01 Å². The monoisotopic (exact) mass is 221 g/mol. The third-order valence-corrected chi connectivity index (χ3v) is 3.53. The summed E-state index contributed by atoms with van der Waals surface area (Å²) in [5, 5.41) is 0. The quantitative estimate of drug-likeness (QED) is 0.767. The number of oxazole rings is 1. The van der Waals surface area contributed by atoms with E-state index in [0.29, 0.717) is 0 Å². The van der Waals surface area contributed by atoms with E-state index in [9.17, 15) is 0 Å². The average molecular weight is 221 g/mol. The van der Waals surface area contributed by atoms with E-state index in [4.69, 9.17) is 4.42 Å². The van der Waals surface area contributed by atoms with Crippen LogP contribution in [-0.2, 0) is 0 Å². The molecule has 16 heavy (non-hydrogen) atoms. The molecule has 1 aromatic rings. The van der Waals surface area contributed by atoms with Gasteiger partial charge >= 0.3 is 0 Å². The van der Waals surface area contributed by atoms with Gasteiger partial charge in [-0.1, -0.05) is 0 Å². The maximum Gasteiger partial charge on any atom is 0.299 e. The minimum absolute atomic E-state index is 0.821. The third kappa shape index (κ3) is 1.88. The van der Waals surface area contributed by atoms with Crippen LogP contribution in [0.15, 0.2) is 10.6 Å². The summed E-state index contributed by atoms with van der Waals surface area (Å²) < 4.78 is 5.85. The molecule has 2 aliphatic rings. The molecule has 0 bridgehead atoms. The van der Waals surface area contributed by atoms with Gasteiger partial charge in [0.05, 0.1) is 6.20 Å². The van der Waals surface area contributed by atoms with E-state index in [1.165, 1.54) is 32.1 Å². The Balaban J connectivity index is 1.71. The van der Waals surface area contributed by atoms with Gasteiger partial charge in [-0.15, -0.1) is 0 Å². The van der Waals surface area contributed by atoms with Gasteiger partial charge in [-0.3, -0.25) is 0 Å². The molecule has 0 unspecified atom stereocenters. The van der Waals surface area contributed by atoms with Crippen molar-refractivity contribution >= 4 is 11.9 Å². The highest BCUT2D eigenvalue weighted by Gasteiger charge is 2.20. The van der Waals surface area contributed by atoms with Crippen molar-refractivity contribution in [2.75, 3.05) is 36.0 Å². The molecule has 2 aliphatic heterocycles. The van der Waals surface area contributed by atoms with Gasteiger partial charge in [0, 0.05) is 26.2 Å². The van der Waals surface area contributed by atoms with Crippen molar-refractivity contribution < 1.29 is 4.42 Å². The molecule has 2 saturated heterocycles. The van der Waals surface area contributed by atoms with E-state index in [1.807, 2.05) is 6.20 Å². The lowest BCUT2D eigenvalue weighted by Gasteiger charge is -2.24. The zero-order chi connectivity index (χ0) is 10.8. The summed E-state index contributed by atoms with van der Waals surface area (Å²) in [6.07, 6.45) is 8.31. The minimum Gasteiger partial charge on any atom is -0.407 e. The molecule has 4 nitrogen and oxygen atoms in total. The van der Waals surface area contributed by atoms with Crippen molar-refractivity contribution in [3.8, 4) is 0 Å². The Morgan fingerprint density at radius 2 is 1.50 bits per heavy atom. The smallest absolute Gasteiger partial charge is 0.299 e. The Bertz CT molecular complexity index is 338. The topological polar surface area (TPSA) is 32.5 Å². The van der Waals surface area contributed by atoms with E-state index in [2.05, 4.69) is 14.8 Å². The Morgan fingerprint density at radius 3 is 2.25 bits per heavy atom. The fourth-order valence-electron chi connectivity index (χ4n) is 2.57. The van der Waals surface area contributed by atoms with Crippen LogP contribution >= 0.6 is 0 Å². The summed E-state index contributed by atoms with van der Waals surface area (Å²) in [5.74, 6) is 0.957. The summed E-state index contributed by atoms with van der Waals surface area (Å²) in [6.45, 7) is 4.43. The van der Waals surface area contributed by atoms with Gasteiger partial charge in [0.15, 0.2) is 0 Å². The second kappa shape index (κ2) is 4.36. The standard InChI is InChI=1S/C12H19N3O/c1-2-8-15(9-3-1)12-13-10-11(16-12)14-6-4-5-7-14/h10H,1-9H2. The first-order valence-corrected chi connectivity index (χ1v) is 6.39. The molecule has 3 heterocycles. The molecular formula is C12H19N3O. The van der Waals surface area contributed by atoms with Crippen LogP contribution in [-0.4, -0.2) is 31.2 Å². The van der Waals surface area contributed by atoms with E-state index in [-0.39, 0.29) is 0 Å². The Labute approximate surface area is 96.2 Å². The molecule has 4 heteroatoms. The molecule has 88 valence electrons. The lowest BCUT2D eigenvalue weighted by Crippen LogP contribution is -2.29. The number of piperidine rings is 1. The highest BCUT2D eigenvalue weighted by Crippen LogP contribution is 2.26. The van der Waals surface area contributed by atoms with E-state index in [1.54, 1.807) is 0 Å². The van der Waals surface area contributed by atoms with Crippen LogP contribution in [0.1, 0.15) is 32.1 Å². The number of anilines is 2. The normalized spacial score (nSPS) is 21.8. The van der Waals surface area contributed by atoms with Gasteiger partial charge in [-0.2, -0.15) is 4.98 Å². The summed E-state index contributed by atoms with van der Waals surface area (Å²) >= 11 is 0. The van der Waals surface area contributed by atoms with Gasteiger partial charge in [-0.05, 0) is 32.1 Å². The SMILES string of the molecule is c1nc(N2CCCCC2)oc1N1CCCC1. The molecule has 0 amide bonds. The fraction of sp³-hybridized carbons (Fsp3) is 0.750. The molecule has 0 spiro atoms. The number of rotatable bonds is 2. The summed E-state index contributed by atoms with van der Waals surface area (Å²) in [7, 11) is 0. The highest BCUT2D eigenvalue weighted by molar-refractivity contribution is 5.40. The number of aromatic nitrogens is 1. The predicted molar refractivity (Wildman–Crippen MR) is 64.0 cm³/mol. The first kappa shape index (κ1) is 10.00. The van der Waals surface area contributed by atoms with E-state index in [0.717, 1.165) is 38.1 Å². The van der Waals surface area contributed by atoms with Crippen LogP contribution in [0.4, 0.5) is 11.9 Å². The lowest BCUT2D eigenvalue weighted by molar-refractivity contribution is 0.490. The van der Waals surface area contributed by atoms with Gasteiger partial charge in [0.2, 0.25) is 5.88 Å². The molecule has 2 fully saturated rings. The first-order valence-electron chi connectivity index (χ1n) is 6.39. The molecular weight excluding hydrogens is 202 g/mol. The number of hydrogen-bond donors (Lipinski definition) is 0. The second-order valence-electron chi connectivity index (χ2n) is 4.72. The fourth-order valence-corrected chi connectivity index (χ4v) is 2.57. The van der Waals surface area contributed by atoms with Crippen LogP contribution in [0, 0.1) is 0 Å². The molecule has 0 aliphatic carbocycles. The number of nitrogens with zero attached hydrogens (tertiary/aromatic N) is 3. The highest BCUT2D eigenvalue weighted by atomic mass is 16.4. The largest absolute Gasteiger partial charge is 0.407 e. The maximum atomic E-state index is 5.85. The molecule has 3 rings (SSSR count). The average Bonchev–Trinajstić information content (AvgIpc) is 3.01. The number of hydrogen-bond acceptors (Lipinski definition) is 4. The zero-order valence-corrected chi connectivity index (χ0v) is 9.69. The van der Waals surface area contributed by atoms with E-state index < -0.39 is 0 Å². The third-order valence-electron chi connectivity index (χ3n) is 3.53. The molecule has 0 atom stereocenters. The molecule has 1 aromatic heterocycles. The molecule has 0 radical (unpaired) electrons. The molecule has 0 saturated carbocycles. The van der Waals surface area contributed by atoms with Crippen LogP contribution < -0.4 is 9.80 Å². The summed E-state index contributed by atoms with van der Waals surface area (Å²) in [6, 6.07) is 0.821. The van der Waals surface area contributed by atoms with Crippen molar-refractivity contribution in [2.24, 2.45) is 0 Å². The lowest BCUT2D eigenvalue weighted by atomic mass is 10.1. The van der Waals surface area contributed by atoms with Gasteiger partial charge < -0.3 is 14.2 Å². The minimum atomic E-state index is 0.821. The van der Waals surface area contributed by atoms with Gasteiger partial charge in [0.1, 0.15) is 0 Å². The van der Waals surface area contributed by atoms with Crippen molar-refractivity contribution in [3.05, 3.63) is 6.20 Å². The van der Waals surface area contributed by atoms with Crippen molar-refractivity contribution in [3.63, 3.8) is 0 Å². The van der Waals surface area contributed by atoms with Crippen molar-refractivity contribution in [1.29, 1.82) is 0 Å². The maximum absolute atomic E-state index is 5.85. The summed E-state index contributed by atoms with van der Waals surface area (Å²) in [4.78, 5) is 8.96. The molecule has 0 N–H and O–H groups in total. The Kier molecular flexibility index (Phi) is 2.72. The van der Waals surface area contributed by atoms with Crippen LogP contribution in [0.5, 0.6) is 0 Å². The Morgan fingerprint density at radius 1 is 0.875 bits per heavy atom. The second-order valence-corrected chi connectivity index (χ2v) is 4.72. The van der Waals surface area contributed by atoms with Crippen LogP contribution in [0.2, 0.25) is 0 Å². The van der Waals surface area contributed by atoms with Crippen molar-refractivity contribution in [1.82, 2.24) is 4.98 Å². The van der Waals surface area contributed by atoms with Gasteiger partial charge in [-0.25, -0.2) is 0 Å². The first-order chi connectivity index (χ1) is 7.93. The molecule has 0 aromatic carbocycles.